The van der Waals surface area contributed by atoms with Crippen molar-refractivity contribution in [1.29, 1.82) is 0 Å². The Bertz CT molecular complexity index is 343. The normalized spacial score (nSPS) is 9.94. The lowest BCUT2D eigenvalue weighted by atomic mass is 10.1. The number of para-hydroxylation sites is 1. The van der Waals surface area contributed by atoms with Crippen LogP contribution in [0.1, 0.15) is 11.1 Å². The minimum Gasteiger partial charge on any atom is -0.376 e. The molecule has 0 saturated carbocycles. The minimum absolute atomic E-state index is 0.0342. The first kappa shape index (κ1) is 12.5. The van der Waals surface area contributed by atoms with Crippen molar-refractivity contribution in [2.24, 2.45) is 5.73 Å². The van der Waals surface area contributed by atoms with Crippen LogP contribution in [0, 0.1) is 13.8 Å². The summed E-state index contributed by atoms with van der Waals surface area (Å²) in [4.78, 5) is 11.4. The molecule has 0 unspecified atom stereocenters. The van der Waals surface area contributed by atoms with Crippen molar-refractivity contribution >= 4 is 11.6 Å². The summed E-state index contributed by atoms with van der Waals surface area (Å²) in [5, 5.41) is 5.85. The summed E-state index contributed by atoms with van der Waals surface area (Å²) in [5.41, 5.74) is 8.62. The number of hydrogen-bond donors (Lipinski definition) is 3. The molecule has 1 aromatic rings. The Morgan fingerprint density at radius 3 is 2.50 bits per heavy atom. The smallest absolute Gasteiger partial charge is 0.239 e. The summed E-state index contributed by atoms with van der Waals surface area (Å²) in [7, 11) is 0. The average Bonchev–Trinajstić information content (AvgIpc) is 2.25. The van der Waals surface area contributed by atoms with Gasteiger partial charge in [0.1, 0.15) is 0 Å². The van der Waals surface area contributed by atoms with E-state index >= 15 is 0 Å². The fraction of sp³-hybridized carbons (Fsp3) is 0.417. The van der Waals surface area contributed by atoms with Gasteiger partial charge in [-0.05, 0) is 25.0 Å². The summed E-state index contributed by atoms with van der Waals surface area (Å²) in [6, 6.07) is 6.05. The molecule has 16 heavy (non-hydrogen) atoms. The molecule has 0 radical (unpaired) electrons. The average molecular weight is 221 g/mol. The molecule has 0 spiro atoms. The highest BCUT2D eigenvalue weighted by Gasteiger charge is 2.04. The number of carbonyl (C=O) groups excluding carboxylic acids is 1. The van der Waals surface area contributed by atoms with Gasteiger partial charge in [0.15, 0.2) is 0 Å². The number of anilines is 1. The number of nitrogens with two attached hydrogens (primary N) is 1. The summed E-state index contributed by atoms with van der Waals surface area (Å²) < 4.78 is 0. The number of rotatable bonds is 5. The Morgan fingerprint density at radius 1 is 1.31 bits per heavy atom. The predicted molar refractivity (Wildman–Crippen MR) is 66.5 cm³/mol. The van der Waals surface area contributed by atoms with Gasteiger partial charge in [-0.1, -0.05) is 18.2 Å². The maximum Gasteiger partial charge on any atom is 0.239 e. The molecular formula is C12H19N3O. The van der Waals surface area contributed by atoms with E-state index in [1.165, 1.54) is 0 Å². The molecule has 0 aliphatic heterocycles. The number of benzene rings is 1. The molecule has 1 rings (SSSR count). The predicted octanol–water partition coefficient (Wildman–Crippen LogP) is 0.790. The molecule has 88 valence electrons. The molecule has 0 heterocycles. The highest BCUT2D eigenvalue weighted by Crippen LogP contribution is 2.18. The molecule has 1 aromatic carbocycles. The minimum atomic E-state index is -0.0342. The monoisotopic (exact) mass is 221 g/mol. The van der Waals surface area contributed by atoms with E-state index in [4.69, 9.17) is 5.73 Å². The van der Waals surface area contributed by atoms with E-state index in [0.29, 0.717) is 13.1 Å². The van der Waals surface area contributed by atoms with Crippen molar-refractivity contribution in [2.45, 2.75) is 13.8 Å². The lowest BCUT2D eigenvalue weighted by molar-refractivity contribution is -0.119. The molecule has 4 nitrogen and oxygen atoms in total. The van der Waals surface area contributed by atoms with Crippen molar-refractivity contribution in [2.75, 3.05) is 25.0 Å². The Kier molecular flexibility index (Phi) is 4.79. The molecule has 4 N–H and O–H groups in total. The molecule has 0 fully saturated rings. The van der Waals surface area contributed by atoms with Crippen molar-refractivity contribution in [3.63, 3.8) is 0 Å². The van der Waals surface area contributed by atoms with Crippen molar-refractivity contribution in [1.82, 2.24) is 5.32 Å². The summed E-state index contributed by atoms with van der Waals surface area (Å²) >= 11 is 0. The maximum atomic E-state index is 11.4. The Labute approximate surface area is 96.2 Å². The van der Waals surface area contributed by atoms with Gasteiger partial charge in [0.25, 0.3) is 0 Å². The van der Waals surface area contributed by atoms with Crippen molar-refractivity contribution < 1.29 is 4.79 Å². The molecule has 0 saturated heterocycles. The number of carbonyl (C=O) groups is 1. The number of amides is 1. The van der Waals surface area contributed by atoms with E-state index in [1.54, 1.807) is 0 Å². The third kappa shape index (κ3) is 3.55. The number of hydrogen-bond acceptors (Lipinski definition) is 3. The van der Waals surface area contributed by atoms with Gasteiger partial charge in [-0.15, -0.1) is 0 Å². The summed E-state index contributed by atoms with van der Waals surface area (Å²) in [6.07, 6.45) is 0. The number of aryl methyl sites for hydroxylation is 2. The molecule has 1 amide bonds. The Morgan fingerprint density at radius 2 is 1.94 bits per heavy atom. The second kappa shape index (κ2) is 6.12. The summed E-state index contributed by atoms with van der Waals surface area (Å²) in [6.45, 7) is 5.31. The zero-order valence-corrected chi connectivity index (χ0v) is 9.84. The second-order valence-corrected chi connectivity index (χ2v) is 3.76. The molecule has 0 bridgehead atoms. The van der Waals surface area contributed by atoms with Crippen LogP contribution in [-0.2, 0) is 4.79 Å². The first-order chi connectivity index (χ1) is 7.65. The van der Waals surface area contributed by atoms with Crippen LogP contribution in [0.25, 0.3) is 0 Å². The van der Waals surface area contributed by atoms with Crippen LogP contribution in [-0.4, -0.2) is 25.5 Å². The maximum absolute atomic E-state index is 11.4. The third-order valence-electron chi connectivity index (χ3n) is 2.37. The Balaban J connectivity index is 2.51. The molecule has 4 heteroatoms. The van der Waals surface area contributed by atoms with E-state index in [2.05, 4.69) is 10.6 Å². The highest BCUT2D eigenvalue weighted by atomic mass is 16.1. The Hall–Kier alpha value is -1.55. The van der Waals surface area contributed by atoms with Gasteiger partial charge in [-0.25, -0.2) is 0 Å². The molecule has 0 atom stereocenters. The van der Waals surface area contributed by atoms with E-state index < -0.39 is 0 Å². The van der Waals surface area contributed by atoms with Gasteiger partial charge in [0, 0.05) is 18.8 Å². The van der Waals surface area contributed by atoms with Crippen LogP contribution in [0.2, 0.25) is 0 Å². The quantitative estimate of drug-likeness (QED) is 0.688. The number of nitrogens with one attached hydrogen (secondary N) is 2. The lowest BCUT2D eigenvalue weighted by Crippen LogP contribution is -2.33. The largest absolute Gasteiger partial charge is 0.376 e. The topological polar surface area (TPSA) is 67.2 Å². The van der Waals surface area contributed by atoms with E-state index in [-0.39, 0.29) is 12.5 Å². The van der Waals surface area contributed by atoms with Crippen molar-refractivity contribution in [3.05, 3.63) is 29.3 Å². The van der Waals surface area contributed by atoms with Gasteiger partial charge >= 0.3 is 0 Å². The van der Waals surface area contributed by atoms with Gasteiger partial charge in [0.2, 0.25) is 5.91 Å². The van der Waals surface area contributed by atoms with Crippen LogP contribution in [0.15, 0.2) is 18.2 Å². The van der Waals surface area contributed by atoms with Crippen LogP contribution in [0.3, 0.4) is 0 Å². The SMILES string of the molecule is Cc1cccc(C)c1NCC(=O)NCCN. The van der Waals surface area contributed by atoms with Gasteiger partial charge in [0.05, 0.1) is 6.54 Å². The first-order valence-corrected chi connectivity index (χ1v) is 5.42. The third-order valence-corrected chi connectivity index (χ3v) is 2.37. The second-order valence-electron chi connectivity index (χ2n) is 3.76. The van der Waals surface area contributed by atoms with Crippen LogP contribution in [0.4, 0.5) is 5.69 Å². The van der Waals surface area contributed by atoms with Crippen LogP contribution >= 0.6 is 0 Å². The van der Waals surface area contributed by atoms with E-state index in [1.807, 2.05) is 32.0 Å². The molecule has 0 aliphatic carbocycles. The fourth-order valence-electron chi connectivity index (χ4n) is 1.54. The zero-order chi connectivity index (χ0) is 12.0. The van der Waals surface area contributed by atoms with Gasteiger partial charge < -0.3 is 16.4 Å². The molecular weight excluding hydrogens is 202 g/mol. The first-order valence-electron chi connectivity index (χ1n) is 5.42. The van der Waals surface area contributed by atoms with Crippen molar-refractivity contribution in [3.8, 4) is 0 Å². The fourth-order valence-corrected chi connectivity index (χ4v) is 1.54. The van der Waals surface area contributed by atoms with E-state index in [0.717, 1.165) is 16.8 Å². The lowest BCUT2D eigenvalue weighted by Gasteiger charge is -2.12. The standard InChI is InChI=1S/C12H19N3O/c1-9-4-3-5-10(2)12(9)15-8-11(16)14-7-6-13/h3-5,15H,6-8,13H2,1-2H3,(H,14,16). The van der Waals surface area contributed by atoms with E-state index in [9.17, 15) is 4.79 Å². The van der Waals surface area contributed by atoms with Gasteiger partial charge in [-0.2, -0.15) is 0 Å². The molecule has 0 aromatic heterocycles. The summed E-state index contributed by atoms with van der Waals surface area (Å²) in [5.74, 6) is -0.0342. The van der Waals surface area contributed by atoms with Gasteiger partial charge in [-0.3, -0.25) is 4.79 Å². The zero-order valence-electron chi connectivity index (χ0n) is 9.84. The van der Waals surface area contributed by atoms with Crippen LogP contribution in [0.5, 0.6) is 0 Å². The van der Waals surface area contributed by atoms with Crippen LogP contribution < -0.4 is 16.4 Å². The highest BCUT2D eigenvalue weighted by molar-refractivity contribution is 5.81. The molecule has 0 aliphatic rings.